The Balaban J connectivity index is 1.53. The quantitative estimate of drug-likeness (QED) is 0.610. The molecule has 1 atom stereocenters. The molecule has 1 aliphatic rings. The standard InChI is InChI=1S/C24H30N4O4/c1-16-13-21(18(3)28(16)23-14-17(2)32-26-23)24(29)25-15-22(27-9-11-31-12-10-27)19-5-7-20(30-4)8-6-19/h5-8,13-14,22H,9-12,15H2,1-4H3,(H,25,29)/t22-/m1/s1. The van der Waals surface area contributed by atoms with Crippen molar-refractivity contribution in [2.24, 2.45) is 0 Å². The molecule has 1 saturated heterocycles. The Labute approximate surface area is 188 Å². The second-order valence-corrected chi connectivity index (χ2v) is 8.06. The molecule has 1 N–H and O–H groups in total. The van der Waals surface area contributed by atoms with Gasteiger partial charge < -0.3 is 19.3 Å². The fourth-order valence-corrected chi connectivity index (χ4v) is 4.26. The second-order valence-electron chi connectivity index (χ2n) is 8.06. The van der Waals surface area contributed by atoms with Crippen LogP contribution in [-0.2, 0) is 4.74 Å². The van der Waals surface area contributed by atoms with Crippen LogP contribution in [0, 0.1) is 20.8 Å². The molecule has 0 aliphatic carbocycles. The van der Waals surface area contributed by atoms with Gasteiger partial charge in [-0.15, -0.1) is 0 Å². The van der Waals surface area contributed by atoms with E-state index in [4.69, 9.17) is 14.0 Å². The van der Waals surface area contributed by atoms with Gasteiger partial charge in [0.2, 0.25) is 0 Å². The minimum atomic E-state index is -0.101. The summed E-state index contributed by atoms with van der Waals surface area (Å²) in [6.45, 7) is 9.27. The first kappa shape index (κ1) is 22.1. The molecule has 8 heteroatoms. The van der Waals surface area contributed by atoms with E-state index >= 15 is 0 Å². The van der Waals surface area contributed by atoms with E-state index in [1.807, 2.05) is 49.6 Å². The van der Waals surface area contributed by atoms with Crippen LogP contribution in [0.3, 0.4) is 0 Å². The van der Waals surface area contributed by atoms with Gasteiger partial charge in [-0.3, -0.25) is 14.3 Å². The van der Waals surface area contributed by atoms with Crippen molar-refractivity contribution >= 4 is 5.91 Å². The summed E-state index contributed by atoms with van der Waals surface area (Å²) in [5, 5.41) is 7.25. The number of carbonyl (C=O) groups excluding carboxylic acids is 1. The van der Waals surface area contributed by atoms with E-state index in [1.54, 1.807) is 7.11 Å². The number of methoxy groups -OCH3 is 1. The first-order valence-electron chi connectivity index (χ1n) is 10.8. The molecule has 1 aromatic carbocycles. The van der Waals surface area contributed by atoms with Gasteiger partial charge in [-0.05, 0) is 44.5 Å². The minimum Gasteiger partial charge on any atom is -0.497 e. The van der Waals surface area contributed by atoms with E-state index in [9.17, 15) is 4.79 Å². The SMILES string of the molecule is COc1ccc([C@@H](CNC(=O)c2cc(C)n(-c3cc(C)on3)c2C)N2CCOCC2)cc1. The lowest BCUT2D eigenvalue weighted by Gasteiger charge is -2.35. The number of nitrogens with zero attached hydrogens (tertiary/aromatic N) is 3. The molecule has 1 aliphatic heterocycles. The summed E-state index contributed by atoms with van der Waals surface area (Å²) in [4.78, 5) is 15.5. The summed E-state index contributed by atoms with van der Waals surface area (Å²) in [6, 6.07) is 11.8. The number of aryl methyl sites for hydroxylation is 2. The molecule has 0 bridgehead atoms. The molecule has 32 heavy (non-hydrogen) atoms. The molecule has 2 aromatic heterocycles. The van der Waals surface area contributed by atoms with Crippen LogP contribution in [-0.4, -0.2) is 60.5 Å². The zero-order valence-electron chi connectivity index (χ0n) is 19.1. The molecule has 0 unspecified atom stereocenters. The molecule has 170 valence electrons. The highest BCUT2D eigenvalue weighted by atomic mass is 16.5. The van der Waals surface area contributed by atoms with Gasteiger partial charge in [0.25, 0.3) is 5.91 Å². The Hall–Kier alpha value is -3.10. The molecule has 1 fully saturated rings. The molecule has 4 rings (SSSR count). The predicted octanol–water partition coefficient (Wildman–Crippen LogP) is 3.20. The van der Waals surface area contributed by atoms with Crippen LogP contribution >= 0.6 is 0 Å². The number of benzene rings is 1. The minimum absolute atomic E-state index is 0.0513. The van der Waals surface area contributed by atoms with Crippen molar-refractivity contribution in [2.75, 3.05) is 40.0 Å². The van der Waals surface area contributed by atoms with E-state index in [0.717, 1.165) is 41.6 Å². The van der Waals surface area contributed by atoms with E-state index in [2.05, 4.69) is 27.5 Å². The van der Waals surface area contributed by atoms with E-state index < -0.39 is 0 Å². The van der Waals surface area contributed by atoms with Gasteiger partial charge >= 0.3 is 0 Å². The van der Waals surface area contributed by atoms with Crippen LogP contribution in [0.1, 0.15) is 39.1 Å². The van der Waals surface area contributed by atoms with Crippen LogP contribution in [0.15, 0.2) is 40.9 Å². The number of hydrogen-bond acceptors (Lipinski definition) is 6. The summed E-state index contributed by atoms with van der Waals surface area (Å²) >= 11 is 0. The van der Waals surface area contributed by atoms with Gasteiger partial charge in [0.15, 0.2) is 5.82 Å². The van der Waals surface area contributed by atoms with Crippen LogP contribution in [0.5, 0.6) is 5.75 Å². The third kappa shape index (κ3) is 4.56. The second kappa shape index (κ2) is 9.58. The Bertz CT molecular complexity index is 1060. The summed E-state index contributed by atoms with van der Waals surface area (Å²) < 4.78 is 18.0. The number of rotatable bonds is 7. The molecule has 0 spiro atoms. The number of nitrogens with one attached hydrogen (secondary N) is 1. The van der Waals surface area contributed by atoms with Gasteiger partial charge in [-0.25, -0.2) is 0 Å². The first-order valence-corrected chi connectivity index (χ1v) is 10.8. The first-order chi connectivity index (χ1) is 15.5. The molecular weight excluding hydrogens is 408 g/mol. The van der Waals surface area contributed by atoms with Crippen LogP contribution < -0.4 is 10.1 Å². The molecule has 0 radical (unpaired) electrons. The van der Waals surface area contributed by atoms with Gasteiger partial charge in [0.05, 0.1) is 31.9 Å². The lowest BCUT2D eigenvalue weighted by molar-refractivity contribution is 0.0162. The third-order valence-corrected chi connectivity index (χ3v) is 5.96. The van der Waals surface area contributed by atoms with Crippen molar-refractivity contribution in [3.63, 3.8) is 0 Å². The van der Waals surface area contributed by atoms with Crippen molar-refractivity contribution in [1.29, 1.82) is 0 Å². The molecule has 0 saturated carbocycles. The van der Waals surface area contributed by atoms with Crippen LogP contribution in [0.2, 0.25) is 0 Å². The Kier molecular flexibility index (Phi) is 6.62. The lowest BCUT2D eigenvalue weighted by atomic mass is 10.0. The highest BCUT2D eigenvalue weighted by molar-refractivity contribution is 5.95. The topological polar surface area (TPSA) is 81.8 Å². The summed E-state index contributed by atoms with van der Waals surface area (Å²) in [7, 11) is 1.66. The van der Waals surface area contributed by atoms with Gasteiger partial charge in [-0.1, -0.05) is 17.3 Å². The summed E-state index contributed by atoms with van der Waals surface area (Å²) in [5.74, 6) is 2.12. The maximum absolute atomic E-state index is 13.2. The number of carbonyl (C=O) groups is 1. The summed E-state index contributed by atoms with van der Waals surface area (Å²) in [6.07, 6.45) is 0. The van der Waals surface area contributed by atoms with E-state index in [0.29, 0.717) is 31.1 Å². The fraction of sp³-hybridized carbons (Fsp3) is 0.417. The van der Waals surface area contributed by atoms with Crippen molar-refractivity contribution < 1.29 is 18.8 Å². The van der Waals surface area contributed by atoms with Gasteiger partial charge in [-0.2, -0.15) is 0 Å². The van der Waals surface area contributed by atoms with E-state index in [-0.39, 0.29) is 11.9 Å². The van der Waals surface area contributed by atoms with Crippen LogP contribution in [0.25, 0.3) is 5.82 Å². The number of aromatic nitrogens is 2. The van der Waals surface area contributed by atoms with Crippen molar-refractivity contribution in [3.05, 3.63) is 64.7 Å². The maximum atomic E-state index is 13.2. The van der Waals surface area contributed by atoms with E-state index in [1.165, 1.54) is 0 Å². The average Bonchev–Trinajstić information content (AvgIpc) is 3.36. The fourth-order valence-electron chi connectivity index (χ4n) is 4.26. The van der Waals surface area contributed by atoms with Gasteiger partial charge in [0.1, 0.15) is 11.5 Å². The monoisotopic (exact) mass is 438 g/mol. The highest BCUT2D eigenvalue weighted by Crippen LogP contribution is 2.25. The smallest absolute Gasteiger partial charge is 0.253 e. The molecule has 3 heterocycles. The maximum Gasteiger partial charge on any atom is 0.253 e. The molecule has 1 amide bonds. The van der Waals surface area contributed by atoms with Crippen molar-refractivity contribution in [3.8, 4) is 11.6 Å². The zero-order valence-corrected chi connectivity index (χ0v) is 19.1. The number of morpholine rings is 1. The third-order valence-electron chi connectivity index (χ3n) is 5.96. The van der Waals surface area contributed by atoms with Crippen LogP contribution in [0.4, 0.5) is 0 Å². The average molecular weight is 439 g/mol. The molecule has 8 nitrogen and oxygen atoms in total. The highest BCUT2D eigenvalue weighted by Gasteiger charge is 2.25. The number of ether oxygens (including phenoxy) is 2. The number of hydrogen-bond donors (Lipinski definition) is 1. The Morgan fingerprint density at radius 1 is 1.16 bits per heavy atom. The molecule has 3 aromatic rings. The molecular formula is C24H30N4O4. The Morgan fingerprint density at radius 3 is 2.50 bits per heavy atom. The lowest BCUT2D eigenvalue weighted by Crippen LogP contribution is -2.43. The zero-order chi connectivity index (χ0) is 22.7. The number of amides is 1. The largest absolute Gasteiger partial charge is 0.497 e. The summed E-state index contributed by atoms with van der Waals surface area (Å²) in [5.41, 5.74) is 3.54. The predicted molar refractivity (Wildman–Crippen MR) is 121 cm³/mol. The van der Waals surface area contributed by atoms with Gasteiger partial charge in [0, 0.05) is 37.1 Å². The van der Waals surface area contributed by atoms with Crippen molar-refractivity contribution in [1.82, 2.24) is 19.9 Å². The normalized spacial score (nSPS) is 15.5. The Morgan fingerprint density at radius 2 is 1.88 bits per heavy atom. The van der Waals surface area contributed by atoms with Crippen molar-refractivity contribution in [2.45, 2.75) is 26.8 Å².